The van der Waals surface area contributed by atoms with Crippen molar-refractivity contribution >= 4 is 22.5 Å². The molecule has 0 atom stereocenters. The predicted molar refractivity (Wildman–Crippen MR) is 115 cm³/mol. The van der Waals surface area contributed by atoms with Crippen molar-refractivity contribution in [2.75, 3.05) is 19.5 Å². The van der Waals surface area contributed by atoms with Crippen molar-refractivity contribution in [2.24, 2.45) is 0 Å². The molecule has 0 saturated heterocycles. The van der Waals surface area contributed by atoms with Crippen molar-refractivity contribution in [1.29, 1.82) is 0 Å². The number of amides is 1. The molecule has 0 fully saturated rings. The lowest BCUT2D eigenvalue weighted by atomic mass is 10.0. The number of nitrogens with one attached hydrogen (secondary N) is 1. The van der Waals surface area contributed by atoms with Crippen molar-refractivity contribution in [3.8, 4) is 22.6 Å². The maximum Gasteiger partial charge on any atom is 0.255 e. The highest BCUT2D eigenvalue weighted by molar-refractivity contribution is 6.05. The van der Waals surface area contributed by atoms with Crippen LogP contribution >= 0.6 is 0 Å². The van der Waals surface area contributed by atoms with E-state index in [-0.39, 0.29) is 5.91 Å². The molecule has 0 bridgehead atoms. The first kappa shape index (κ1) is 18.5. The van der Waals surface area contributed by atoms with Crippen molar-refractivity contribution < 1.29 is 14.3 Å². The Morgan fingerprint density at radius 3 is 2.34 bits per heavy atom. The number of rotatable bonds is 5. The van der Waals surface area contributed by atoms with Crippen LogP contribution in [0.3, 0.4) is 0 Å². The second-order valence-electron chi connectivity index (χ2n) is 6.55. The minimum Gasteiger partial charge on any atom is -0.497 e. The Balaban J connectivity index is 1.62. The Morgan fingerprint density at radius 2 is 1.59 bits per heavy atom. The summed E-state index contributed by atoms with van der Waals surface area (Å²) in [5.41, 5.74) is 3.99. The minimum atomic E-state index is -0.212. The van der Waals surface area contributed by atoms with Crippen LogP contribution in [-0.2, 0) is 0 Å². The van der Waals surface area contributed by atoms with Crippen molar-refractivity contribution in [3.05, 3.63) is 84.6 Å². The molecule has 0 unspecified atom stereocenters. The summed E-state index contributed by atoms with van der Waals surface area (Å²) in [6.07, 6.45) is 1.83. The molecule has 4 aromatic rings. The standard InChI is InChI=1S/C24H20N2O3/c1-28-21-12-20(13-22(14-21)29-2)26-24(27)18-8-5-7-16(10-18)19-11-17-6-3-4-9-23(17)25-15-19/h3-15H,1-2H3,(H,26,27). The summed E-state index contributed by atoms with van der Waals surface area (Å²) in [6, 6.07) is 22.8. The molecule has 3 aromatic carbocycles. The lowest BCUT2D eigenvalue weighted by Gasteiger charge is -2.11. The van der Waals surface area contributed by atoms with E-state index in [2.05, 4.69) is 16.4 Å². The van der Waals surface area contributed by atoms with Crippen molar-refractivity contribution in [1.82, 2.24) is 4.98 Å². The lowest BCUT2D eigenvalue weighted by Crippen LogP contribution is -2.12. The molecular formula is C24H20N2O3. The van der Waals surface area contributed by atoms with Gasteiger partial charge in [-0.25, -0.2) is 0 Å². The number of para-hydroxylation sites is 1. The number of pyridine rings is 1. The Bertz CT molecular complexity index is 1170. The smallest absolute Gasteiger partial charge is 0.255 e. The van der Waals surface area contributed by atoms with Crippen LogP contribution in [0.15, 0.2) is 79.0 Å². The largest absolute Gasteiger partial charge is 0.497 e. The number of ether oxygens (including phenoxy) is 2. The minimum absolute atomic E-state index is 0.212. The number of carbonyl (C=O) groups is 1. The third kappa shape index (κ3) is 4.04. The summed E-state index contributed by atoms with van der Waals surface area (Å²) in [5.74, 6) is 1.00. The van der Waals surface area contributed by atoms with Gasteiger partial charge >= 0.3 is 0 Å². The molecule has 0 saturated carbocycles. The first-order valence-electron chi connectivity index (χ1n) is 9.16. The normalized spacial score (nSPS) is 10.6. The van der Waals surface area contributed by atoms with E-state index in [1.54, 1.807) is 38.5 Å². The first-order valence-corrected chi connectivity index (χ1v) is 9.16. The summed E-state index contributed by atoms with van der Waals surface area (Å²) < 4.78 is 10.5. The summed E-state index contributed by atoms with van der Waals surface area (Å²) in [4.78, 5) is 17.3. The van der Waals surface area contributed by atoms with Crippen LogP contribution in [0.4, 0.5) is 5.69 Å². The Labute approximate surface area is 168 Å². The van der Waals surface area contributed by atoms with Gasteiger partial charge in [-0.1, -0.05) is 30.3 Å². The van der Waals surface area contributed by atoms with Gasteiger partial charge in [0, 0.05) is 46.6 Å². The number of hydrogen-bond donors (Lipinski definition) is 1. The van der Waals surface area contributed by atoms with E-state index in [1.807, 2.05) is 48.7 Å². The van der Waals surface area contributed by atoms with Crippen LogP contribution in [0.25, 0.3) is 22.0 Å². The van der Waals surface area contributed by atoms with Crippen LogP contribution in [-0.4, -0.2) is 25.1 Å². The first-order chi connectivity index (χ1) is 14.2. The Kier molecular flexibility index (Phi) is 5.12. The highest BCUT2D eigenvalue weighted by Gasteiger charge is 2.10. The zero-order valence-corrected chi connectivity index (χ0v) is 16.2. The lowest BCUT2D eigenvalue weighted by molar-refractivity contribution is 0.102. The summed E-state index contributed by atoms with van der Waals surface area (Å²) in [6.45, 7) is 0. The van der Waals surface area contributed by atoms with Gasteiger partial charge in [-0.05, 0) is 29.8 Å². The molecule has 0 spiro atoms. The van der Waals surface area contributed by atoms with Gasteiger partial charge in [0.1, 0.15) is 11.5 Å². The van der Waals surface area contributed by atoms with Crippen LogP contribution < -0.4 is 14.8 Å². The van der Waals surface area contributed by atoms with Crippen LogP contribution in [0.1, 0.15) is 10.4 Å². The molecule has 0 aliphatic rings. The predicted octanol–water partition coefficient (Wildman–Crippen LogP) is 5.17. The fraction of sp³-hybridized carbons (Fsp3) is 0.0833. The number of hydrogen-bond acceptors (Lipinski definition) is 4. The molecular weight excluding hydrogens is 364 g/mol. The molecule has 1 heterocycles. The maximum absolute atomic E-state index is 12.8. The van der Waals surface area contributed by atoms with Crippen molar-refractivity contribution in [3.63, 3.8) is 0 Å². The average molecular weight is 384 g/mol. The zero-order valence-electron chi connectivity index (χ0n) is 16.2. The number of aromatic nitrogens is 1. The van der Waals surface area contributed by atoms with Crippen LogP contribution in [0.2, 0.25) is 0 Å². The molecule has 144 valence electrons. The van der Waals surface area contributed by atoms with E-state index in [0.29, 0.717) is 22.7 Å². The van der Waals surface area contributed by atoms with Gasteiger partial charge in [0.15, 0.2) is 0 Å². The maximum atomic E-state index is 12.8. The summed E-state index contributed by atoms with van der Waals surface area (Å²) in [7, 11) is 3.14. The van der Waals surface area contributed by atoms with E-state index in [0.717, 1.165) is 22.0 Å². The van der Waals surface area contributed by atoms with Gasteiger partial charge in [-0.3, -0.25) is 9.78 Å². The van der Waals surface area contributed by atoms with Gasteiger partial charge in [0.05, 0.1) is 19.7 Å². The number of anilines is 1. The Morgan fingerprint density at radius 1 is 0.828 bits per heavy atom. The van der Waals surface area contributed by atoms with Gasteiger partial charge in [0.25, 0.3) is 5.91 Å². The topological polar surface area (TPSA) is 60.5 Å². The molecule has 0 radical (unpaired) electrons. The van der Waals surface area contributed by atoms with E-state index in [4.69, 9.17) is 9.47 Å². The SMILES string of the molecule is COc1cc(NC(=O)c2cccc(-c3cnc4ccccc4c3)c2)cc(OC)c1. The molecule has 0 aliphatic heterocycles. The molecule has 5 heteroatoms. The van der Waals surface area contributed by atoms with Gasteiger partial charge < -0.3 is 14.8 Å². The summed E-state index contributed by atoms with van der Waals surface area (Å²) >= 11 is 0. The molecule has 4 rings (SSSR count). The van der Waals surface area contributed by atoms with Crippen LogP contribution in [0, 0.1) is 0 Å². The second kappa shape index (κ2) is 8.02. The van der Waals surface area contributed by atoms with E-state index in [9.17, 15) is 4.79 Å². The fourth-order valence-electron chi connectivity index (χ4n) is 3.15. The van der Waals surface area contributed by atoms with Crippen LogP contribution in [0.5, 0.6) is 11.5 Å². The highest BCUT2D eigenvalue weighted by Crippen LogP contribution is 2.27. The quantitative estimate of drug-likeness (QED) is 0.516. The zero-order chi connectivity index (χ0) is 20.2. The number of methoxy groups -OCH3 is 2. The Hall–Kier alpha value is -3.86. The van der Waals surface area contributed by atoms with Gasteiger partial charge in [-0.2, -0.15) is 0 Å². The number of benzene rings is 3. The van der Waals surface area contributed by atoms with Gasteiger partial charge in [0.2, 0.25) is 0 Å². The monoisotopic (exact) mass is 384 g/mol. The van der Waals surface area contributed by atoms with E-state index in [1.165, 1.54) is 0 Å². The third-order valence-corrected chi connectivity index (χ3v) is 4.66. The molecule has 29 heavy (non-hydrogen) atoms. The molecule has 0 aliphatic carbocycles. The second-order valence-corrected chi connectivity index (χ2v) is 6.55. The fourth-order valence-corrected chi connectivity index (χ4v) is 3.15. The molecule has 1 N–H and O–H groups in total. The molecule has 1 aromatic heterocycles. The summed E-state index contributed by atoms with van der Waals surface area (Å²) in [5, 5.41) is 3.96. The third-order valence-electron chi connectivity index (χ3n) is 4.66. The highest BCUT2D eigenvalue weighted by atomic mass is 16.5. The molecule has 1 amide bonds. The van der Waals surface area contributed by atoms with E-state index >= 15 is 0 Å². The average Bonchev–Trinajstić information content (AvgIpc) is 2.78. The van der Waals surface area contributed by atoms with Crippen molar-refractivity contribution in [2.45, 2.75) is 0 Å². The molecule has 5 nitrogen and oxygen atoms in total. The van der Waals surface area contributed by atoms with E-state index < -0.39 is 0 Å². The number of nitrogens with zero attached hydrogens (tertiary/aromatic N) is 1. The van der Waals surface area contributed by atoms with Gasteiger partial charge in [-0.15, -0.1) is 0 Å². The number of carbonyl (C=O) groups excluding carboxylic acids is 1. The number of fused-ring (bicyclic) bond motifs is 1.